The minimum atomic E-state index is -0.275. The van der Waals surface area contributed by atoms with Crippen molar-refractivity contribution in [3.05, 3.63) is 92.8 Å². The second-order valence-electron chi connectivity index (χ2n) is 6.40. The molecule has 0 atom stereocenters. The Bertz CT molecular complexity index is 1250. The molecule has 5 nitrogen and oxygen atoms in total. The van der Waals surface area contributed by atoms with Gasteiger partial charge in [0.25, 0.3) is 0 Å². The van der Waals surface area contributed by atoms with E-state index in [-0.39, 0.29) is 11.2 Å². The molecule has 0 radical (unpaired) electrons. The number of fused-ring (bicyclic) bond motifs is 1. The number of benzene rings is 3. The first-order valence-electron chi connectivity index (χ1n) is 8.97. The Balaban J connectivity index is 1.52. The van der Waals surface area contributed by atoms with Crippen molar-refractivity contribution in [2.45, 2.75) is 6.61 Å². The highest BCUT2D eigenvalue weighted by atomic mass is 35.5. The van der Waals surface area contributed by atoms with Crippen LogP contribution in [0.25, 0.3) is 11.0 Å². The molecule has 0 N–H and O–H groups in total. The molecule has 152 valence electrons. The van der Waals surface area contributed by atoms with Gasteiger partial charge < -0.3 is 18.6 Å². The molecular formula is C23H16Cl2O5. The Hall–Kier alpha value is -3.15. The lowest BCUT2D eigenvalue weighted by Gasteiger charge is -2.09. The van der Waals surface area contributed by atoms with Gasteiger partial charge in [0.1, 0.15) is 35.7 Å². The fourth-order valence-electron chi connectivity index (χ4n) is 2.82. The lowest BCUT2D eigenvalue weighted by molar-refractivity contribution is 0.306. The molecule has 0 saturated heterocycles. The highest BCUT2D eigenvalue weighted by molar-refractivity contribution is 6.42. The lowest BCUT2D eigenvalue weighted by Crippen LogP contribution is -2.05. The van der Waals surface area contributed by atoms with Crippen LogP contribution in [0.2, 0.25) is 10.0 Å². The second-order valence-corrected chi connectivity index (χ2v) is 7.22. The first kappa shape index (κ1) is 20.1. The second kappa shape index (κ2) is 8.69. The molecular weight excluding hydrogens is 427 g/mol. The number of halogens is 2. The van der Waals surface area contributed by atoms with Crippen LogP contribution in [0.3, 0.4) is 0 Å². The average Bonchev–Trinajstić information content (AvgIpc) is 2.77. The van der Waals surface area contributed by atoms with Gasteiger partial charge in [0.2, 0.25) is 11.2 Å². The number of methoxy groups -OCH3 is 1. The molecule has 7 heteroatoms. The third-order valence-corrected chi connectivity index (χ3v) is 5.13. The van der Waals surface area contributed by atoms with Gasteiger partial charge in [-0.15, -0.1) is 0 Å². The first-order valence-corrected chi connectivity index (χ1v) is 9.73. The van der Waals surface area contributed by atoms with Crippen LogP contribution in [-0.4, -0.2) is 7.11 Å². The van der Waals surface area contributed by atoms with Crippen LogP contribution in [0.15, 0.2) is 76.1 Å². The minimum absolute atomic E-state index is 0.0946. The minimum Gasteiger partial charge on any atom is -0.497 e. The van der Waals surface area contributed by atoms with E-state index in [1.165, 1.54) is 6.26 Å². The van der Waals surface area contributed by atoms with Gasteiger partial charge in [0.15, 0.2) is 0 Å². The summed E-state index contributed by atoms with van der Waals surface area (Å²) in [5, 5.41) is 1.34. The van der Waals surface area contributed by atoms with E-state index in [0.717, 1.165) is 5.56 Å². The summed E-state index contributed by atoms with van der Waals surface area (Å²) in [4.78, 5) is 12.7. The van der Waals surface area contributed by atoms with Crippen molar-refractivity contribution in [1.82, 2.24) is 0 Å². The molecule has 1 heterocycles. The molecule has 4 rings (SSSR count). The SMILES string of the molecule is COc1ccc(Oc2coc3cc(OCc4ccc(Cl)c(Cl)c4)ccc3c2=O)cc1. The summed E-state index contributed by atoms with van der Waals surface area (Å²) >= 11 is 11.9. The zero-order valence-electron chi connectivity index (χ0n) is 15.9. The Morgan fingerprint density at radius 3 is 2.33 bits per heavy atom. The maximum atomic E-state index is 12.7. The van der Waals surface area contributed by atoms with E-state index in [1.54, 1.807) is 61.7 Å². The summed E-state index contributed by atoms with van der Waals surface area (Å²) in [6, 6.07) is 17.2. The predicted octanol–water partition coefficient (Wildman–Crippen LogP) is 6.48. The molecule has 0 aliphatic heterocycles. The van der Waals surface area contributed by atoms with Gasteiger partial charge in [-0.05, 0) is 54.1 Å². The highest BCUT2D eigenvalue weighted by Gasteiger charge is 2.11. The summed E-state index contributed by atoms with van der Waals surface area (Å²) in [6.07, 6.45) is 1.29. The van der Waals surface area contributed by atoms with E-state index in [1.807, 2.05) is 6.07 Å². The molecule has 4 aromatic rings. The number of hydrogen-bond donors (Lipinski definition) is 0. The lowest BCUT2D eigenvalue weighted by atomic mass is 10.2. The third-order valence-electron chi connectivity index (χ3n) is 4.39. The van der Waals surface area contributed by atoms with E-state index < -0.39 is 0 Å². The molecule has 0 fully saturated rings. The summed E-state index contributed by atoms with van der Waals surface area (Å²) in [7, 11) is 1.58. The molecule has 0 spiro atoms. The van der Waals surface area contributed by atoms with E-state index in [9.17, 15) is 4.79 Å². The Labute approximate surface area is 182 Å². The predicted molar refractivity (Wildman–Crippen MR) is 116 cm³/mol. The fraction of sp³-hybridized carbons (Fsp3) is 0.0870. The van der Waals surface area contributed by atoms with Gasteiger partial charge in [-0.1, -0.05) is 29.3 Å². The smallest absolute Gasteiger partial charge is 0.235 e. The van der Waals surface area contributed by atoms with Crippen LogP contribution < -0.4 is 19.6 Å². The highest BCUT2D eigenvalue weighted by Crippen LogP contribution is 2.27. The normalized spacial score (nSPS) is 10.8. The van der Waals surface area contributed by atoms with Crippen LogP contribution in [0, 0.1) is 0 Å². The maximum Gasteiger partial charge on any atom is 0.235 e. The molecule has 3 aromatic carbocycles. The van der Waals surface area contributed by atoms with Gasteiger partial charge >= 0.3 is 0 Å². The van der Waals surface area contributed by atoms with Gasteiger partial charge in [-0.2, -0.15) is 0 Å². The van der Waals surface area contributed by atoms with Gasteiger partial charge in [0.05, 0.1) is 22.5 Å². The van der Waals surface area contributed by atoms with Gasteiger partial charge in [-0.3, -0.25) is 4.79 Å². The maximum absolute atomic E-state index is 12.7. The number of hydrogen-bond acceptors (Lipinski definition) is 5. The molecule has 0 unspecified atom stereocenters. The van der Waals surface area contributed by atoms with Crippen LogP contribution in [0.5, 0.6) is 23.0 Å². The average molecular weight is 443 g/mol. The molecule has 0 aliphatic carbocycles. The molecule has 30 heavy (non-hydrogen) atoms. The summed E-state index contributed by atoms with van der Waals surface area (Å²) in [6.45, 7) is 0.297. The molecule has 0 amide bonds. The summed E-state index contributed by atoms with van der Waals surface area (Å²) in [5.41, 5.74) is 0.992. The van der Waals surface area contributed by atoms with Crippen LogP contribution in [0.1, 0.15) is 5.56 Å². The molecule has 1 aromatic heterocycles. The van der Waals surface area contributed by atoms with Crippen molar-refractivity contribution in [3.63, 3.8) is 0 Å². The van der Waals surface area contributed by atoms with Gasteiger partial charge in [0, 0.05) is 6.07 Å². The van der Waals surface area contributed by atoms with Crippen LogP contribution in [0.4, 0.5) is 0 Å². The molecule has 0 bridgehead atoms. The zero-order chi connectivity index (χ0) is 21.1. The first-order chi connectivity index (χ1) is 14.5. The topological polar surface area (TPSA) is 57.9 Å². The van der Waals surface area contributed by atoms with Gasteiger partial charge in [-0.25, -0.2) is 0 Å². The van der Waals surface area contributed by atoms with Crippen molar-refractivity contribution < 1.29 is 18.6 Å². The van der Waals surface area contributed by atoms with E-state index in [2.05, 4.69) is 0 Å². The van der Waals surface area contributed by atoms with E-state index in [0.29, 0.717) is 44.9 Å². The Morgan fingerprint density at radius 2 is 1.60 bits per heavy atom. The largest absolute Gasteiger partial charge is 0.497 e. The number of rotatable bonds is 6. The Morgan fingerprint density at radius 1 is 0.867 bits per heavy atom. The van der Waals surface area contributed by atoms with Crippen molar-refractivity contribution in [2.24, 2.45) is 0 Å². The Kier molecular flexibility index (Phi) is 5.84. The van der Waals surface area contributed by atoms with Crippen LogP contribution >= 0.6 is 23.2 Å². The number of ether oxygens (including phenoxy) is 3. The quantitative estimate of drug-likeness (QED) is 0.341. The third kappa shape index (κ3) is 4.37. The monoisotopic (exact) mass is 442 g/mol. The standard InChI is InChI=1S/C23H16Cl2O5/c1-27-15-3-5-16(6-4-15)30-22-13-29-21-11-17(7-8-18(21)23(22)26)28-12-14-2-9-19(24)20(25)10-14/h2-11,13H,12H2,1H3. The van der Waals surface area contributed by atoms with Crippen LogP contribution in [-0.2, 0) is 6.61 Å². The van der Waals surface area contributed by atoms with Crippen molar-refractivity contribution in [2.75, 3.05) is 7.11 Å². The molecule has 0 aliphatic rings. The van der Waals surface area contributed by atoms with Crippen molar-refractivity contribution >= 4 is 34.2 Å². The molecule has 0 saturated carbocycles. The zero-order valence-corrected chi connectivity index (χ0v) is 17.4. The van der Waals surface area contributed by atoms with E-state index in [4.69, 9.17) is 41.8 Å². The summed E-state index contributed by atoms with van der Waals surface area (Å²) < 4.78 is 22.1. The van der Waals surface area contributed by atoms with Crippen molar-refractivity contribution in [3.8, 4) is 23.0 Å². The summed E-state index contributed by atoms with van der Waals surface area (Å²) in [5.74, 6) is 1.85. The fourth-order valence-corrected chi connectivity index (χ4v) is 3.14. The van der Waals surface area contributed by atoms with Crippen molar-refractivity contribution in [1.29, 1.82) is 0 Å². The van der Waals surface area contributed by atoms with E-state index >= 15 is 0 Å².